The Bertz CT molecular complexity index is 749. The van der Waals surface area contributed by atoms with E-state index in [0.29, 0.717) is 24.7 Å². The summed E-state index contributed by atoms with van der Waals surface area (Å²) in [6.45, 7) is 3.19. The minimum Gasteiger partial charge on any atom is -0.486 e. The van der Waals surface area contributed by atoms with Gasteiger partial charge in [0, 0.05) is 17.7 Å². The van der Waals surface area contributed by atoms with E-state index in [1.807, 2.05) is 37.3 Å². The van der Waals surface area contributed by atoms with Crippen molar-refractivity contribution in [1.29, 1.82) is 0 Å². The second kappa shape index (κ2) is 4.27. The molecule has 0 N–H and O–H groups in total. The molecule has 1 aromatic heterocycles. The molecule has 20 heavy (non-hydrogen) atoms. The number of hydrogen-bond acceptors (Lipinski definition) is 4. The van der Waals surface area contributed by atoms with Crippen LogP contribution >= 0.6 is 0 Å². The monoisotopic (exact) mass is 267 g/mol. The maximum Gasteiger partial charge on any atom is 0.227 e. The molecule has 100 valence electrons. The lowest BCUT2D eigenvalue weighted by molar-refractivity contribution is 0.172. The van der Waals surface area contributed by atoms with Gasteiger partial charge in [-0.1, -0.05) is 17.7 Å². The molecular weight excluding hydrogens is 254 g/mol. The highest BCUT2D eigenvalue weighted by Crippen LogP contribution is 2.36. The fourth-order valence-electron chi connectivity index (χ4n) is 2.37. The number of oxazole rings is 1. The van der Waals surface area contributed by atoms with Crippen LogP contribution in [0.2, 0.25) is 0 Å². The summed E-state index contributed by atoms with van der Waals surface area (Å²) in [6, 6.07) is 11.8. The van der Waals surface area contributed by atoms with E-state index in [1.165, 1.54) is 5.56 Å². The molecule has 1 aliphatic rings. The van der Waals surface area contributed by atoms with Crippen molar-refractivity contribution in [3.63, 3.8) is 0 Å². The molecule has 2 heterocycles. The average molecular weight is 267 g/mol. The van der Waals surface area contributed by atoms with Gasteiger partial charge in [0.2, 0.25) is 5.89 Å². The van der Waals surface area contributed by atoms with Crippen LogP contribution in [0.4, 0.5) is 0 Å². The van der Waals surface area contributed by atoms with Gasteiger partial charge in [0.15, 0.2) is 17.1 Å². The molecule has 0 atom stereocenters. The van der Waals surface area contributed by atoms with E-state index in [9.17, 15) is 0 Å². The number of hydrogen-bond donors (Lipinski definition) is 0. The lowest BCUT2D eigenvalue weighted by atomic mass is 10.1. The molecule has 0 saturated carbocycles. The second-order valence-corrected chi connectivity index (χ2v) is 4.85. The van der Waals surface area contributed by atoms with Crippen LogP contribution in [0.15, 0.2) is 40.8 Å². The van der Waals surface area contributed by atoms with Crippen molar-refractivity contribution in [3.8, 4) is 23.0 Å². The lowest BCUT2D eigenvalue weighted by Gasteiger charge is -2.17. The van der Waals surface area contributed by atoms with Crippen LogP contribution in [0.5, 0.6) is 11.5 Å². The Hall–Kier alpha value is -2.49. The molecule has 0 unspecified atom stereocenters. The molecule has 3 aromatic rings. The largest absolute Gasteiger partial charge is 0.486 e. The molecule has 4 nitrogen and oxygen atoms in total. The number of ether oxygens (including phenoxy) is 2. The van der Waals surface area contributed by atoms with Crippen molar-refractivity contribution < 1.29 is 13.9 Å². The quantitative estimate of drug-likeness (QED) is 0.676. The third-order valence-corrected chi connectivity index (χ3v) is 3.32. The Kier molecular flexibility index (Phi) is 2.42. The molecule has 0 amide bonds. The first kappa shape index (κ1) is 11.3. The molecular formula is C16H13NO3. The first-order chi connectivity index (χ1) is 9.79. The van der Waals surface area contributed by atoms with Gasteiger partial charge in [-0.2, -0.15) is 0 Å². The van der Waals surface area contributed by atoms with Crippen LogP contribution in [0.25, 0.3) is 22.6 Å². The number of benzene rings is 2. The minimum absolute atomic E-state index is 0.567. The SMILES string of the molecule is Cc1cccc(-c2nc3cc4c(cc3o2)OCCO4)c1. The molecule has 0 bridgehead atoms. The smallest absolute Gasteiger partial charge is 0.227 e. The summed E-state index contributed by atoms with van der Waals surface area (Å²) in [5, 5.41) is 0. The summed E-state index contributed by atoms with van der Waals surface area (Å²) in [7, 11) is 0. The van der Waals surface area contributed by atoms with E-state index in [0.717, 1.165) is 22.6 Å². The third kappa shape index (κ3) is 1.81. The Morgan fingerprint density at radius 1 is 1.00 bits per heavy atom. The van der Waals surface area contributed by atoms with Gasteiger partial charge in [-0.25, -0.2) is 4.98 Å². The van der Waals surface area contributed by atoms with Crippen LogP contribution in [0, 0.1) is 6.92 Å². The fourth-order valence-corrected chi connectivity index (χ4v) is 2.37. The van der Waals surface area contributed by atoms with Gasteiger partial charge in [0.25, 0.3) is 0 Å². The minimum atomic E-state index is 0.567. The van der Waals surface area contributed by atoms with Crippen LogP contribution < -0.4 is 9.47 Å². The van der Waals surface area contributed by atoms with Gasteiger partial charge >= 0.3 is 0 Å². The highest BCUT2D eigenvalue weighted by Gasteiger charge is 2.16. The third-order valence-electron chi connectivity index (χ3n) is 3.32. The first-order valence-electron chi connectivity index (χ1n) is 6.57. The van der Waals surface area contributed by atoms with Crippen LogP contribution in [-0.2, 0) is 0 Å². The van der Waals surface area contributed by atoms with Crippen molar-refractivity contribution in [2.45, 2.75) is 6.92 Å². The summed E-state index contributed by atoms with van der Waals surface area (Å²) in [5.74, 6) is 2.06. The highest BCUT2D eigenvalue weighted by atomic mass is 16.6. The molecule has 0 spiro atoms. The molecule has 0 radical (unpaired) electrons. The molecule has 0 aliphatic carbocycles. The van der Waals surface area contributed by atoms with Gasteiger partial charge in [0.05, 0.1) is 0 Å². The van der Waals surface area contributed by atoms with Crippen molar-refractivity contribution in [3.05, 3.63) is 42.0 Å². The van der Waals surface area contributed by atoms with Crippen LogP contribution in [-0.4, -0.2) is 18.2 Å². The zero-order chi connectivity index (χ0) is 13.5. The summed E-state index contributed by atoms with van der Waals surface area (Å²) in [5.41, 5.74) is 3.65. The molecule has 2 aromatic carbocycles. The van der Waals surface area contributed by atoms with E-state index in [4.69, 9.17) is 13.9 Å². The molecule has 4 rings (SSSR count). The Morgan fingerprint density at radius 2 is 1.80 bits per heavy atom. The number of nitrogens with zero attached hydrogens (tertiary/aromatic N) is 1. The van der Waals surface area contributed by atoms with E-state index in [1.54, 1.807) is 0 Å². The zero-order valence-corrected chi connectivity index (χ0v) is 11.1. The standard InChI is InChI=1S/C16H13NO3/c1-10-3-2-4-11(7-10)16-17-12-8-14-15(9-13(12)20-16)19-6-5-18-14/h2-4,7-9H,5-6H2,1H3. The highest BCUT2D eigenvalue weighted by molar-refractivity contribution is 5.80. The summed E-state index contributed by atoms with van der Waals surface area (Å²) in [4.78, 5) is 4.53. The van der Waals surface area contributed by atoms with Crippen molar-refractivity contribution >= 4 is 11.1 Å². The first-order valence-corrected chi connectivity index (χ1v) is 6.57. The zero-order valence-electron chi connectivity index (χ0n) is 11.1. The van der Waals surface area contributed by atoms with Crippen molar-refractivity contribution in [2.24, 2.45) is 0 Å². The fraction of sp³-hybridized carbons (Fsp3) is 0.188. The van der Waals surface area contributed by atoms with Crippen molar-refractivity contribution in [1.82, 2.24) is 4.98 Å². The molecule has 1 aliphatic heterocycles. The Balaban J connectivity index is 1.86. The van der Waals surface area contributed by atoms with Gasteiger partial charge in [-0.3, -0.25) is 0 Å². The van der Waals surface area contributed by atoms with Crippen molar-refractivity contribution in [2.75, 3.05) is 13.2 Å². The maximum absolute atomic E-state index is 5.83. The normalized spacial score (nSPS) is 13.7. The second-order valence-electron chi connectivity index (χ2n) is 4.85. The summed E-state index contributed by atoms with van der Waals surface area (Å²) < 4.78 is 16.9. The van der Waals surface area contributed by atoms with E-state index >= 15 is 0 Å². The number of rotatable bonds is 1. The summed E-state index contributed by atoms with van der Waals surface area (Å²) >= 11 is 0. The molecule has 0 saturated heterocycles. The van der Waals surface area contributed by atoms with Gasteiger partial charge < -0.3 is 13.9 Å². The number of aromatic nitrogens is 1. The lowest BCUT2D eigenvalue weighted by Crippen LogP contribution is -2.15. The number of fused-ring (bicyclic) bond motifs is 2. The molecule has 0 fully saturated rings. The number of aryl methyl sites for hydroxylation is 1. The van der Waals surface area contributed by atoms with E-state index in [2.05, 4.69) is 11.1 Å². The molecule has 4 heteroatoms. The van der Waals surface area contributed by atoms with Gasteiger partial charge in [-0.05, 0) is 19.1 Å². The van der Waals surface area contributed by atoms with Gasteiger partial charge in [0.1, 0.15) is 18.7 Å². The Labute approximate surface area is 116 Å². The summed E-state index contributed by atoms with van der Waals surface area (Å²) in [6.07, 6.45) is 0. The van der Waals surface area contributed by atoms with E-state index in [-0.39, 0.29) is 0 Å². The van der Waals surface area contributed by atoms with Crippen LogP contribution in [0.1, 0.15) is 5.56 Å². The maximum atomic E-state index is 5.83. The van der Waals surface area contributed by atoms with Gasteiger partial charge in [-0.15, -0.1) is 0 Å². The topological polar surface area (TPSA) is 44.5 Å². The van der Waals surface area contributed by atoms with E-state index < -0.39 is 0 Å². The van der Waals surface area contributed by atoms with Crippen LogP contribution in [0.3, 0.4) is 0 Å². The average Bonchev–Trinajstić information content (AvgIpc) is 2.87. The predicted octanol–water partition coefficient (Wildman–Crippen LogP) is 3.57. The Morgan fingerprint density at radius 3 is 2.60 bits per heavy atom. The predicted molar refractivity (Wildman–Crippen MR) is 75.2 cm³/mol.